The van der Waals surface area contributed by atoms with E-state index < -0.39 is 5.91 Å². The molecule has 3 rings (SSSR count). The minimum atomic E-state index is -0.508. The van der Waals surface area contributed by atoms with Crippen molar-refractivity contribution in [1.29, 1.82) is 0 Å². The molecular weight excluding hydrogens is 328 g/mol. The van der Waals surface area contributed by atoms with Crippen LogP contribution in [0.2, 0.25) is 5.02 Å². The second kappa shape index (κ2) is 7.02. The van der Waals surface area contributed by atoms with Crippen molar-refractivity contribution in [1.82, 2.24) is 5.43 Å². The lowest BCUT2D eigenvalue weighted by atomic mass is 10.2. The van der Waals surface area contributed by atoms with Crippen LogP contribution in [0.5, 0.6) is 5.75 Å². The van der Waals surface area contributed by atoms with Crippen molar-refractivity contribution in [3.05, 3.63) is 77.0 Å². The zero-order chi connectivity index (χ0) is 16.9. The maximum atomic E-state index is 11.9. The average Bonchev–Trinajstić information content (AvgIpc) is 3.04. The number of benzene rings is 2. The summed E-state index contributed by atoms with van der Waals surface area (Å²) in [6.07, 6.45) is 1.38. The number of para-hydroxylation sites is 1. The fourth-order valence-electron chi connectivity index (χ4n) is 2.10. The highest BCUT2D eigenvalue weighted by Gasteiger charge is 2.09. The topological polar surface area (TPSA) is 74.8 Å². The second-order valence-corrected chi connectivity index (χ2v) is 5.37. The third kappa shape index (κ3) is 3.64. The van der Waals surface area contributed by atoms with Gasteiger partial charge in [-0.05, 0) is 36.4 Å². The van der Waals surface area contributed by atoms with Gasteiger partial charge in [0.15, 0.2) is 0 Å². The largest absolute Gasteiger partial charge is 0.507 e. The van der Waals surface area contributed by atoms with Crippen LogP contribution >= 0.6 is 11.6 Å². The Kier molecular flexibility index (Phi) is 4.63. The van der Waals surface area contributed by atoms with Crippen molar-refractivity contribution in [3.8, 4) is 17.1 Å². The average molecular weight is 341 g/mol. The number of nitrogens with one attached hydrogen (secondary N) is 1. The van der Waals surface area contributed by atoms with E-state index in [-0.39, 0.29) is 11.3 Å². The quantitative estimate of drug-likeness (QED) is 0.555. The molecule has 0 saturated heterocycles. The van der Waals surface area contributed by atoms with Crippen molar-refractivity contribution in [2.24, 2.45) is 5.10 Å². The van der Waals surface area contributed by atoms with E-state index in [4.69, 9.17) is 16.0 Å². The highest BCUT2D eigenvalue weighted by molar-refractivity contribution is 6.30. The maximum absolute atomic E-state index is 11.9. The van der Waals surface area contributed by atoms with Crippen LogP contribution in [0.3, 0.4) is 0 Å². The van der Waals surface area contributed by atoms with Crippen molar-refractivity contribution < 1.29 is 14.3 Å². The van der Waals surface area contributed by atoms with Crippen LogP contribution in [-0.2, 0) is 0 Å². The molecular formula is C18H13ClN2O3. The van der Waals surface area contributed by atoms with Gasteiger partial charge in [0.25, 0.3) is 5.91 Å². The Bertz CT molecular complexity index is 903. The number of hydrogen-bond acceptors (Lipinski definition) is 4. The summed E-state index contributed by atoms with van der Waals surface area (Å²) >= 11 is 5.96. The molecule has 1 amide bonds. The predicted molar refractivity (Wildman–Crippen MR) is 92.3 cm³/mol. The smallest absolute Gasteiger partial charge is 0.275 e. The Morgan fingerprint density at radius 2 is 1.96 bits per heavy atom. The number of phenols is 1. The van der Waals surface area contributed by atoms with E-state index in [0.717, 1.165) is 5.56 Å². The number of amides is 1. The van der Waals surface area contributed by atoms with Crippen molar-refractivity contribution in [2.75, 3.05) is 0 Å². The van der Waals surface area contributed by atoms with E-state index in [1.807, 2.05) is 12.1 Å². The molecule has 3 aromatic rings. The number of furan rings is 1. The van der Waals surface area contributed by atoms with Crippen LogP contribution < -0.4 is 5.43 Å². The molecule has 6 heteroatoms. The third-order valence-corrected chi connectivity index (χ3v) is 3.48. The van der Waals surface area contributed by atoms with Gasteiger partial charge in [-0.15, -0.1) is 0 Å². The fraction of sp³-hybridized carbons (Fsp3) is 0. The Morgan fingerprint density at radius 3 is 2.75 bits per heavy atom. The fourth-order valence-corrected chi connectivity index (χ4v) is 2.29. The standard InChI is InChI=1S/C18H13ClN2O3/c19-13-5-3-4-12(10-13)17-9-8-14(24-17)11-20-21-18(23)15-6-1-2-7-16(15)22/h1-11,22H,(H,21,23)/b20-11+. The van der Waals surface area contributed by atoms with Gasteiger partial charge in [-0.1, -0.05) is 35.9 Å². The van der Waals surface area contributed by atoms with Gasteiger partial charge < -0.3 is 9.52 Å². The second-order valence-electron chi connectivity index (χ2n) is 4.93. The van der Waals surface area contributed by atoms with Crippen LogP contribution in [0.15, 0.2) is 70.2 Å². The first-order valence-electron chi connectivity index (χ1n) is 7.10. The number of phenolic OH excluding ortho intramolecular Hbond substituents is 1. The molecule has 0 spiro atoms. The maximum Gasteiger partial charge on any atom is 0.275 e. The summed E-state index contributed by atoms with van der Waals surface area (Å²) in [5.74, 6) is 0.506. The summed E-state index contributed by atoms with van der Waals surface area (Å²) in [7, 11) is 0. The molecule has 0 bridgehead atoms. The molecule has 0 saturated carbocycles. The number of halogens is 1. The minimum absolute atomic E-state index is 0.105. The number of hydrogen-bond donors (Lipinski definition) is 2. The summed E-state index contributed by atoms with van der Waals surface area (Å²) in [4.78, 5) is 11.9. The van der Waals surface area contributed by atoms with Crippen LogP contribution in [-0.4, -0.2) is 17.2 Å². The van der Waals surface area contributed by atoms with E-state index in [1.165, 1.54) is 18.3 Å². The first-order chi connectivity index (χ1) is 11.6. The Morgan fingerprint density at radius 1 is 1.12 bits per heavy atom. The lowest BCUT2D eigenvalue weighted by Gasteiger charge is -2.01. The molecule has 0 fully saturated rings. The van der Waals surface area contributed by atoms with Gasteiger partial charge in [-0.2, -0.15) is 5.10 Å². The zero-order valence-electron chi connectivity index (χ0n) is 12.4. The first-order valence-corrected chi connectivity index (χ1v) is 7.48. The summed E-state index contributed by atoms with van der Waals surface area (Å²) < 4.78 is 5.63. The molecule has 1 aromatic heterocycles. The summed E-state index contributed by atoms with van der Waals surface area (Å²) in [6, 6.07) is 17.0. The molecule has 0 aliphatic carbocycles. The van der Waals surface area contributed by atoms with Crippen LogP contribution in [0.1, 0.15) is 16.1 Å². The summed E-state index contributed by atoms with van der Waals surface area (Å²) in [5.41, 5.74) is 3.33. The van der Waals surface area contributed by atoms with E-state index in [0.29, 0.717) is 16.5 Å². The van der Waals surface area contributed by atoms with Crippen LogP contribution in [0.4, 0.5) is 0 Å². The van der Waals surface area contributed by atoms with Gasteiger partial charge in [0.05, 0.1) is 11.8 Å². The van der Waals surface area contributed by atoms with E-state index in [1.54, 1.807) is 36.4 Å². The number of carbonyl (C=O) groups excluding carboxylic acids is 1. The van der Waals surface area contributed by atoms with Crippen molar-refractivity contribution in [3.63, 3.8) is 0 Å². The number of rotatable bonds is 4. The highest BCUT2D eigenvalue weighted by Crippen LogP contribution is 2.24. The van der Waals surface area contributed by atoms with Crippen molar-refractivity contribution in [2.45, 2.75) is 0 Å². The number of aromatic hydroxyl groups is 1. The van der Waals surface area contributed by atoms with E-state index in [2.05, 4.69) is 10.5 Å². The molecule has 2 aromatic carbocycles. The normalized spacial score (nSPS) is 10.9. The lowest BCUT2D eigenvalue weighted by molar-refractivity contribution is 0.0952. The van der Waals surface area contributed by atoms with Crippen LogP contribution in [0, 0.1) is 0 Å². The van der Waals surface area contributed by atoms with E-state index >= 15 is 0 Å². The molecule has 0 radical (unpaired) electrons. The number of nitrogens with zero attached hydrogens (tertiary/aromatic N) is 1. The molecule has 24 heavy (non-hydrogen) atoms. The third-order valence-electron chi connectivity index (χ3n) is 3.24. The first kappa shape index (κ1) is 15.8. The molecule has 0 unspecified atom stereocenters. The Hall–Kier alpha value is -3.05. The molecule has 0 aliphatic rings. The van der Waals surface area contributed by atoms with Gasteiger partial charge in [0.1, 0.15) is 17.3 Å². The number of carbonyl (C=O) groups is 1. The molecule has 120 valence electrons. The van der Waals surface area contributed by atoms with Gasteiger partial charge in [0.2, 0.25) is 0 Å². The van der Waals surface area contributed by atoms with Gasteiger partial charge in [-0.25, -0.2) is 5.43 Å². The van der Waals surface area contributed by atoms with E-state index in [9.17, 15) is 9.90 Å². The number of hydrazone groups is 1. The van der Waals surface area contributed by atoms with Gasteiger partial charge in [0, 0.05) is 10.6 Å². The molecule has 1 heterocycles. The van der Waals surface area contributed by atoms with Gasteiger partial charge in [-0.3, -0.25) is 4.79 Å². The van der Waals surface area contributed by atoms with Gasteiger partial charge >= 0.3 is 0 Å². The highest BCUT2D eigenvalue weighted by atomic mass is 35.5. The SMILES string of the molecule is O=C(N/N=C/c1ccc(-c2cccc(Cl)c2)o1)c1ccccc1O. The lowest BCUT2D eigenvalue weighted by Crippen LogP contribution is -2.17. The molecule has 2 N–H and O–H groups in total. The monoisotopic (exact) mass is 340 g/mol. The molecule has 0 atom stereocenters. The molecule has 0 aliphatic heterocycles. The van der Waals surface area contributed by atoms with Crippen molar-refractivity contribution >= 4 is 23.7 Å². The predicted octanol–water partition coefficient (Wildman–Crippen LogP) is 4.07. The van der Waals surface area contributed by atoms with Crippen LogP contribution in [0.25, 0.3) is 11.3 Å². The molecule has 5 nitrogen and oxygen atoms in total. The minimum Gasteiger partial charge on any atom is -0.507 e. The summed E-state index contributed by atoms with van der Waals surface area (Å²) in [5, 5.41) is 14.1. The Balaban J connectivity index is 1.68. The summed E-state index contributed by atoms with van der Waals surface area (Å²) in [6.45, 7) is 0. The zero-order valence-corrected chi connectivity index (χ0v) is 13.2. The Labute approximate surface area is 143 Å².